The lowest BCUT2D eigenvalue weighted by Crippen LogP contribution is -2.64. The zero-order chi connectivity index (χ0) is 32.2. The molecule has 3 saturated carbocycles. The predicted octanol–water partition coefficient (Wildman–Crippen LogP) is 1.39. The minimum absolute atomic E-state index is 0.0644. The highest BCUT2D eigenvalue weighted by molar-refractivity contribution is 6.05. The Hall–Kier alpha value is -3.22. The van der Waals surface area contributed by atoms with Crippen LogP contribution in [-0.4, -0.2) is 81.6 Å². The first kappa shape index (κ1) is 34.3. The fraction of sp³-hybridized carbons (Fsp3) is 0.645. The number of fused-ring (bicyclic) bond motifs is 3. The third-order valence-corrected chi connectivity index (χ3v) is 9.56. The van der Waals surface area contributed by atoms with Gasteiger partial charge < -0.3 is 26.0 Å². The molecule has 12 heteroatoms. The highest BCUT2D eigenvalue weighted by atomic mass is 19.1. The van der Waals surface area contributed by atoms with Crippen LogP contribution in [0.15, 0.2) is 41.1 Å². The van der Waals surface area contributed by atoms with Crippen molar-refractivity contribution in [3.05, 3.63) is 36.0 Å². The van der Waals surface area contributed by atoms with E-state index in [0.717, 1.165) is 0 Å². The summed E-state index contributed by atoms with van der Waals surface area (Å²) in [5.74, 6) is -3.77. The van der Waals surface area contributed by atoms with Gasteiger partial charge in [0.2, 0.25) is 11.8 Å². The van der Waals surface area contributed by atoms with Gasteiger partial charge in [-0.3, -0.25) is 19.2 Å². The Bertz CT molecular complexity index is 1230. The Morgan fingerprint density at radius 1 is 1.16 bits per heavy atom. The van der Waals surface area contributed by atoms with Gasteiger partial charge in [0.05, 0.1) is 24.9 Å². The van der Waals surface area contributed by atoms with Gasteiger partial charge in [-0.1, -0.05) is 39.0 Å². The van der Waals surface area contributed by atoms with Crippen LogP contribution in [0.3, 0.4) is 0 Å². The Balaban J connectivity index is 1.72. The average molecular weight is 605 g/mol. The van der Waals surface area contributed by atoms with Crippen molar-refractivity contribution in [3.8, 4) is 0 Å². The fourth-order valence-corrected chi connectivity index (χ4v) is 7.31. The number of alkyl halides is 1. The third kappa shape index (κ3) is 6.81. The molecule has 3 fully saturated rings. The summed E-state index contributed by atoms with van der Waals surface area (Å²) in [4.78, 5) is 48.4. The van der Waals surface area contributed by atoms with Gasteiger partial charge in [-0.25, -0.2) is 9.82 Å². The van der Waals surface area contributed by atoms with Crippen LogP contribution in [-0.2, 0) is 19.2 Å². The highest BCUT2D eigenvalue weighted by Crippen LogP contribution is 2.67. The summed E-state index contributed by atoms with van der Waals surface area (Å²) in [5, 5.41) is 41.1. The molecular weight excluding hydrogens is 559 g/mol. The second-order valence-corrected chi connectivity index (χ2v) is 12.4. The quantitative estimate of drug-likeness (QED) is 0.117. The van der Waals surface area contributed by atoms with Crippen LogP contribution in [0.25, 0.3) is 0 Å². The van der Waals surface area contributed by atoms with Gasteiger partial charge in [0.15, 0.2) is 5.78 Å². The van der Waals surface area contributed by atoms with Crippen LogP contribution in [0, 0.1) is 23.2 Å². The third-order valence-electron chi connectivity index (χ3n) is 9.56. The predicted molar refractivity (Wildman–Crippen MR) is 158 cm³/mol. The van der Waals surface area contributed by atoms with Crippen molar-refractivity contribution in [2.75, 3.05) is 19.7 Å². The first-order chi connectivity index (χ1) is 20.1. The minimum atomic E-state index is -1.98. The summed E-state index contributed by atoms with van der Waals surface area (Å²) < 4.78 is 16.8. The Morgan fingerprint density at radius 2 is 1.84 bits per heavy atom. The lowest BCUT2D eigenvalue weighted by Gasteiger charge is -2.57. The lowest BCUT2D eigenvalue weighted by molar-refractivity contribution is -0.199. The number of hydrogen-bond acceptors (Lipinski definition) is 8. The number of hydrogen-bond donors (Lipinski definition) is 6. The van der Waals surface area contributed by atoms with E-state index in [2.05, 4.69) is 27.7 Å². The molecule has 11 nitrogen and oxygen atoms in total. The maximum Gasteiger partial charge on any atom is 0.259 e. The van der Waals surface area contributed by atoms with Crippen LogP contribution in [0.4, 0.5) is 4.39 Å². The molecule has 0 aliphatic heterocycles. The summed E-state index contributed by atoms with van der Waals surface area (Å²) in [6.07, 6.45) is 5.56. The van der Waals surface area contributed by atoms with Crippen molar-refractivity contribution in [1.29, 1.82) is 0 Å². The fourth-order valence-electron chi connectivity index (χ4n) is 7.31. The first-order valence-electron chi connectivity index (χ1n) is 14.8. The molecule has 3 aliphatic carbocycles. The minimum Gasteiger partial charge on any atom is -0.390 e. The van der Waals surface area contributed by atoms with E-state index in [-0.39, 0.29) is 37.4 Å². The van der Waals surface area contributed by atoms with Crippen LogP contribution < -0.4 is 16.1 Å². The molecule has 43 heavy (non-hydrogen) atoms. The maximum absolute atomic E-state index is 16.8. The van der Waals surface area contributed by atoms with Crippen molar-refractivity contribution in [2.45, 2.75) is 83.6 Å². The second kappa shape index (κ2) is 13.6. The van der Waals surface area contributed by atoms with E-state index in [1.807, 2.05) is 13.0 Å². The molecule has 3 rings (SSSR count). The summed E-state index contributed by atoms with van der Waals surface area (Å²) in [5.41, 5.74) is -1.21. The molecule has 238 valence electrons. The smallest absolute Gasteiger partial charge is 0.259 e. The van der Waals surface area contributed by atoms with Crippen LogP contribution in [0.5, 0.6) is 0 Å². The highest BCUT2D eigenvalue weighted by Gasteiger charge is 2.72. The molecule has 0 unspecified atom stereocenters. The SMILES string of the molecule is C=C(C)C(=O)NCC(=O)NCC(=O)N/N=C(\C=C/CC)/C=C1/CC[C@H]2[C@@H]3C[C@@H](C)[C@](O)(C(=O)CO)[C@@]3(C)C[C@H](O)[C@]2(F)C1. The number of carbonyl (C=O) groups excluding carboxylic acids is 4. The molecule has 0 heterocycles. The molecule has 6 N–H and O–H groups in total. The number of carbonyl (C=O) groups is 4. The Kier molecular flexibility index (Phi) is 10.8. The Morgan fingerprint density at radius 3 is 2.47 bits per heavy atom. The molecule has 0 aromatic rings. The largest absolute Gasteiger partial charge is 0.390 e. The Labute approximate surface area is 251 Å². The monoisotopic (exact) mass is 604 g/mol. The van der Waals surface area contributed by atoms with Crippen LogP contribution >= 0.6 is 0 Å². The molecule has 0 aromatic heterocycles. The number of allylic oxidation sites excluding steroid dienone is 4. The van der Waals surface area contributed by atoms with Gasteiger partial charge in [0.25, 0.3) is 5.91 Å². The van der Waals surface area contributed by atoms with E-state index < -0.39 is 64.7 Å². The molecule has 3 aliphatic rings. The summed E-state index contributed by atoms with van der Waals surface area (Å²) in [6, 6.07) is 0. The summed E-state index contributed by atoms with van der Waals surface area (Å²) in [7, 11) is 0. The molecule has 7 atom stereocenters. The molecule has 0 radical (unpaired) electrons. The normalized spacial score (nSPS) is 34.8. The average Bonchev–Trinajstić information content (AvgIpc) is 3.16. The van der Waals surface area contributed by atoms with Crippen LogP contribution in [0.1, 0.15) is 66.2 Å². The number of nitrogens with zero attached hydrogens (tertiary/aromatic N) is 1. The van der Waals surface area contributed by atoms with E-state index in [1.165, 1.54) is 6.92 Å². The molecule has 0 aromatic carbocycles. The summed E-state index contributed by atoms with van der Waals surface area (Å²) >= 11 is 0. The number of nitrogens with one attached hydrogen (secondary N) is 3. The molecule has 0 saturated heterocycles. The van der Waals surface area contributed by atoms with Crippen molar-refractivity contribution in [3.63, 3.8) is 0 Å². The zero-order valence-electron chi connectivity index (χ0n) is 25.4. The van der Waals surface area contributed by atoms with Gasteiger partial charge in [-0.2, -0.15) is 5.10 Å². The number of aliphatic hydroxyl groups excluding tert-OH is 2. The van der Waals surface area contributed by atoms with Crippen molar-refractivity contribution in [1.82, 2.24) is 16.1 Å². The number of aliphatic hydroxyl groups is 3. The first-order valence-corrected chi connectivity index (χ1v) is 14.8. The van der Waals surface area contributed by atoms with E-state index in [4.69, 9.17) is 0 Å². The molecule has 0 spiro atoms. The van der Waals surface area contributed by atoms with Gasteiger partial charge in [-0.15, -0.1) is 0 Å². The van der Waals surface area contributed by atoms with Gasteiger partial charge >= 0.3 is 0 Å². The van der Waals surface area contributed by atoms with E-state index in [0.29, 0.717) is 37.0 Å². The number of hydrazone groups is 1. The van der Waals surface area contributed by atoms with Gasteiger partial charge in [0.1, 0.15) is 17.9 Å². The number of Topliss-reactive ketones (excluding diaryl/α,β-unsaturated/α-hetero) is 1. The second-order valence-electron chi connectivity index (χ2n) is 12.4. The molecule has 0 bridgehead atoms. The molecular formula is C31H45FN4O7. The van der Waals surface area contributed by atoms with Crippen molar-refractivity contribution in [2.24, 2.45) is 28.3 Å². The number of ketones is 1. The maximum atomic E-state index is 16.8. The van der Waals surface area contributed by atoms with E-state index in [9.17, 15) is 34.5 Å². The van der Waals surface area contributed by atoms with Crippen molar-refractivity contribution >= 4 is 29.2 Å². The lowest BCUT2D eigenvalue weighted by atomic mass is 9.51. The number of halogens is 1. The number of amides is 3. The molecule has 3 amide bonds. The topological polar surface area (TPSA) is 177 Å². The standard InChI is InChI=1S/C31H45FN4O7/c1-6-7-8-21(35-36-27(41)16-33-26(40)15-34-28(42)18(2)3)12-20-9-10-22-23-11-19(4)31(43,25(39)17-37)29(23,5)14-24(38)30(22,32)13-20/h7-8,12,19,22-24,37-38,43H,2,6,9-11,13-17H2,1,3-5H3,(H,33,40)(H,34,42)(H,36,41)/b8-7-,20-12-,35-21+/t19-,22+,23+,24+,29+,30+,31+/m1/s1. The number of rotatable bonds is 11. The van der Waals surface area contributed by atoms with Gasteiger partial charge in [-0.05, 0) is 68.9 Å². The van der Waals surface area contributed by atoms with Crippen LogP contribution in [0.2, 0.25) is 0 Å². The van der Waals surface area contributed by atoms with Crippen molar-refractivity contribution < 1.29 is 38.9 Å². The van der Waals surface area contributed by atoms with E-state index in [1.54, 1.807) is 26.0 Å². The van der Waals surface area contributed by atoms with E-state index >= 15 is 4.39 Å². The van der Waals surface area contributed by atoms with Gasteiger partial charge in [0, 0.05) is 17.4 Å². The summed E-state index contributed by atoms with van der Waals surface area (Å²) in [6.45, 7) is 8.86. The zero-order valence-corrected chi connectivity index (χ0v) is 25.4.